The first kappa shape index (κ1) is 17.2. The van der Waals surface area contributed by atoms with E-state index in [2.05, 4.69) is 12.2 Å². The van der Waals surface area contributed by atoms with Gasteiger partial charge in [-0.05, 0) is 33.6 Å². The zero-order valence-electron chi connectivity index (χ0n) is 13.6. The number of hydrogen-bond donors (Lipinski definition) is 1. The molecule has 1 aliphatic rings. The molecule has 1 heterocycles. The Hall–Kier alpha value is -0.810. The van der Waals surface area contributed by atoms with Crippen LogP contribution in [0.25, 0.3) is 0 Å². The molecular formula is C15H30N2O3. The van der Waals surface area contributed by atoms with Gasteiger partial charge in [-0.1, -0.05) is 13.3 Å². The molecule has 2 unspecified atom stereocenters. The first-order valence-corrected chi connectivity index (χ1v) is 7.58. The van der Waals surface area contributed by atoms with Crippen molar-refractivity contribution in [2.24, 2.45) is 0 Å². The summed E-state index contributed by atoms with van der Waals surface area (Å²) in [7, 11) is 1.73. The molecule has 0 aromatic heterocycles. The quantitative estimate of drug-likeness (QED) is 0.814. The Labute approximate surface area is 123 Å². The predicted octanol–water partition coefficient (Wildman–Crippen LogP) is 2.40. The summed E-state index contributed by atoms with van der Waals surface area (Å²) in [4.78, 5) is 13.8. The summed E-state index contributed by atoms with van der Waals surface area (Å²) in [5.74, 6) is 0. The van der Waals surface area contributed by atoms with E-state index in [0.717, 1.165) is 39.0 Å². The predicted molar refractivity (Wildman–Crippen MR) is 79.9 cm³/mol. The van der Waals surface area contributed by atoms with Crippen LogP contribution in [-0.4, -0.2) is 55.5 Å². The maximum atomic E-state index is 12.0. The Morgan fingerprint density at radius 2 is 2.15 bits per heavy atom. The SMILES string of the molecule is CCCC(COC)NC1CCN(C(=O)OC(C)(C)C)C1. The van der Waals surface area contributed by atoms with Gasteiger partial charge in [0.15, 0.2) is 0 Å². The average molecular weight is 286 g/mol. The monoisotopic (exact) mass is 286 g/mol. The largest absolute Gasteiger partial charge is 0.444 e. The highest BCUT2D eigenvalue weighted by molar-refractivity contribution is 5.68. The van der Waals surface area contributed by atoms with Crippen LogP contribution in [0.3, 0.4) is 0 Å². The summed E-state index contributed by atoms with van der Waals surface area (Å²) < 4.78 is 10.6. The molecule has 0 spiro atoms. The van der Waals surface area contributed by atoms with Crippen LogP contribution in [0.4, 0.5) is 4.79 Å². The van der Waals surface area contributed by atoms with Crippen molar-refractivity contribution in [2.75, 3.05) is 26.8 Å². The van der Waals surface area contributed by atoms with E-state index in [1.54, 1.807) is 12.0 Å². The van der Waals surface area contributed by atoms with Gasteiger partial charge in [-0.3, -0.25) is 0 Å². The maximum absolute atomic E-state index is 12.0. The zero-order valence-corrected chi connectivity index (χ0v) is 13.6. The molecule has 2 atom stereocenters. The minimum absolute atomic E-state index is 0.208. The Morgan fingerprint density at radius 1 is 1.45 bits per heavy atom. The van der Waals surface area contributed by atoms with Gasteiger partial charge in [0.1, 0.15) is 5.60 Å². The fraction of sp³-hybridized carbons (Fsp3) is 0.933. The van der Waals surface area contributed by atoms with Crippen LogP contribution >= 0.6 is 0 Å². The van der Waals surface area contributed by atoms with Gasteiger partial charge in [0.25, 0.3) is 0 Å². The molecule has 0 aromatic rings. The molecule has 1 amide bonds. The zero-order chi connectivity index (χ0) is 15.2. The molecule has 0 bridgehead atoms. The molecule has 1 saturated heterocycles. The van der Waals surface area contributed by atoms with Crippen molar-refractivity contribution < 1.29 is 14.3 Å². The van der Waals surface area contributed by atoms with E-state index in [4.69, 9.17) is 9.47 Å². The van der Waals surface area contributed by atoms with Crippen molar-refractivity contribution >= 4 is 6.09 Å². The first-order chi connectivity index (χ1) is 9.35. The lowest BCUT2D eigenvalue weighted by Gasteiger charge is -2.25. The van der Waals surface area contributed by atoms with Gasteiger partial charge < -0.3 is 19.7 Å². The number of rotatable bonds is 6. The number of ether oxygens (including phenoxy) is 2. The average Bonchev–Trinajstić information content (AvgIpc) is 2.76. The number of hydrogen-bond acceptors (Lipinski definition) is 4. The minimum Gasteiger partial charge on any atom is -0.444 e. The first-order valence-electron chi connectivity index (χ1n) is 7.58. The van der Waals surface area contributed by atoms with Gasteiger partial charge in [-0.25, -0.2) is 4.79 Å². The molecule has 1 fully saturated rings. The number of nitrogens with one attached hydrogen (secondary N) is 1. The number of carbonyl (C=O) groups excluding carboxylic acids is 1. The second-order valence-electron chi connectivity index (χ2n) is 6.52. The molecule has 0 radical (unpaired) electrons. The van der Waals surface area contributed by atoms with Crippen molar-refractivity contribution in [2.45, 2.75) is 64.6 Å². The van der Waals surface area contributed by atoms with Gasteiger partial charge >= 0.3 is 6.09 Å². The van der Waals surface area contributed by atoms with E-state index >= 15 is 0 Å². The topological polar surface area (TPSA) is 50.8 Å². The van der Waals surface area contributed by atoms with Crippen LogP contribution in [0.15, 0.2) is 0 Å². The fourth-order valence-corrected chi connectivity index (χ4v) is 2.49. The van der Waals surface area contributed by atoms with Gasteiger partial charge in [-0.2, -0.15) is 0 Å². The van der Waals surface area contributed by atoms with Gasteiger partial charge in [0.2, 0.25) is 0 Å². The van der Waals surface area contributed by atoms with E-state index in [9.17, 15) is 4.79 Å². The van der Waals surface area contributed by atoms with E-state index in [1.165, 1.54) is 0 Å². The van der Waals surface area contributed by atoms with Crippen molar-refractivity contribution in [3.05, 3.63) is 0 Å². The number of likely N-dealkylation sites (tertiary alicyclic amines) is 1. The fourth-order valence-electron chi connectivity index (χ4n) is 2.49. The molecule has 5 nitrogen and oxygen atoms in total. The molecule has 0 saturated carbocycles. The number of carbonyl (C=O) groups is 1. The minimum atomic E-state index is -0.427. The third-order valence-corrected chi connectivity index (χ3v) is 3.32. The Kier molecular flexibility index (Phi) is 6.76. The normalized spacial score (nSPS) is 21.1. The van der Waals surface area contributed by atoms with E-state index in [0.29, 0.717) is 12.1 Å². The Morgan fingerprint density at radius 3 is 2.70 bits per heavy atom. The van der Waals surface area contributed by atoms with Crippen LogP contribution in [0, 0.1) is 0 Å². The summed E-state index contributed by atoms with van der Waals surface area (Å²) in [6, 6.07) is 0.711. The molecular weight excluding hydrogens is 256 g/mol. The molecule has 0 aromatic carbocycles. The second kappa shape index (κ2) is 7.84. The van der Waals surface area contributed by atoms with Gasteiger partial charge in [-0.15, -0.1) is 0 Å². The van der Waals surface area contributed by atoms with Crippen LogP contribution in [0.5, 0.6) is 0 Å². The van der Waals surface area contributed by atoms with Crippen molar-refractivity contribution in [3.8, 4) is 0 Å². The molecule has 1 N–H and O–H groups in total. The standard InChI is InChI=1S/C15H30N2O3/c1-6-7-13(11-19-5)16-12-8-9-17(10-12)14(18)20-15(2,3)4/h12-13,16H,6-11H2,1-5H3. The van der Waals surface area contributed by atoms with Crippen LogP contribution in [0.1, 0.15) is 47.0 Å². The van der Waals surface area contributed by atoms with Crippen LogP contribution in [-0.2, 0) is 9.47 Å². The second-order valence-corrected chi connectivity index (χ2v) is 6.52. The van der Waals surface area contributed by atoms with Crippen LogP contribution < -0.4 is 5.32 Å². The van der Waals surface area contributed by atoms with Crippen LogP contribution in [0.2, 0.25) is 0 Å². The summed E-state index contributed by atoms with van der Waals surface area (Å²) in [6.07, 6.45) is 2.99. The Balaban J connectivity index is 2.40. The maximum Gasteiger partial charge on any atom is 0.410 e. The third-order valence-electron chi connectivity index (χ3n) is 3.32. The number of amides is 1. The van der Waals surface area contributed by atoms with Crippen molar-refractivity contribution in [1.82, 2.24) is 10.2 Å². The third kappa shape index (κ3) is 6.09. The van der Waals surface area contributed by atoms with E-state index in [1.807, 2.05) is 20.8 Å². The molecule has 1 aliphatic heterocycles. The molecule has 1 rings (SSSR count). The Bertz CT molecular complexity index is 296. The highest BCUT2D eigenvalue weighted by atomic mass is 16.6. The molecule has 20 heavy (non-hydrogen) atoms. The molecule has 118 valence electrons. The highest BCUT2D eigenvalue weighted by Gasteiger charge is 2.30. The van der Waals surface area contributed by atoms with Gasteiger partial charge in [0, 0.05) is 32.3 Å². The number of nitrogens with zero attached hydrogens (tertiary/aromatic N) is 1. The summed E-state index contributed by atoms with van der Waals surface area (Å²) in [5.41, 5.74) is -0.427. The van der Waals surface area contributed by atoms with E-state index < -0.39 is 5.60 Å². The van der Waals surface area contributed by atoms with Crippen molar-refractivity contribution in [3.63, 3.8) is 0 Å². The smallest absolute Gasteiger partial charge is 0.410 e. The summed E-state index contributed by atoms with van der Waals surface area (Å²) in [6.45, 7) is 10.1. The van der Waals surface area contributed by atoms with E-state index in [-0.39, 0.29) is 6.09 Å². The lowest BCUT2D eigenvalue weighted by Crippen LogP contribution is -2.43. The van der Waals surface area contributed by atoms with Crippen molar-refractivity contribution in [1.29, 1.82) is 0 Å². The lowest BCUT2D eigenvalue weighted by molar-refractivity contribution is 0.0289. The molecule has 0 aliphatic carbocycles. The van der Waals surface area contributed by atoms with Gasteiger partial charge in [0.05, 0.1) is 6.61 Å². The number of methoxy groups -OCH3 is 1. The summed E-state index contributed by atoms with van der Waals surface area (Å²) in [5, 5.41) is 3.59. The molecule has 5 heteroatoms. The lowest BCUT2D eigenvalue weighted by atomic mass is 10.1. The highest BCUT2D eigenvalue weighted by Crippen LogP contribution is 2.16. The summed E-state index contributed by atoms with van der Waals surface area (Å²) >= 11 is 0.